The number of rotatable bonds is 12. The Balaban J connectivity index is 1.71. The Kier molecular flexibility index (Phi) is 11.0. The molecule has 0 radical (unpaired) electrons. The molecule has 12 nitrogen and oxygen atoms in total. The second-order valence-corrected chi connectivity index (χ2v) is 9.22. The first-order valence-corrected chi connectivity index (χ1v) is 13.0. The average Bonchev–Trinajstić information content (AvgIpc) is 2.94. The summed E-state index contributed by atoms with van der Waals surface area (Å²) < 4.78 is 27.8. The van der Waals surface area contributed by atoms with Gasteiger partial charge in [0.2, 0.25) is 0 Å². The highest BCUT2D eigenvalue weighted by atomic mass is 79.9. The summed E-state index contributed by atoms with van der Waals surface area (Å²) in [5.41, 5.74) is 4.09. The molecule has 216 valence electrons. The van der Waals surface area contributed by atoms with Crippen LogP contribution < -0.4 is 35.0 Å². The largest absolute Gasteiger partial charge is 0.493 e. The van der Waals surface area contributed by atoms with Crippen LogP contribution in [-0.4, -0.2) is 58.2 Å². The molecular formula is C28H29BrN4O8. The standard InChI is InChI=1S/C28H29BrN4O8/c1-6-10-40-26-18(11-19(29)13-22(26)38-5)14-30-33-23(34)15-41-20-9-8-17(12-21(20)37-4)25-24(27(35)39-7-2)16(3)31-28(36)32-25/h1,8-9,11-14,25H,7,10,15H2,2-5H3,(H,33,34)(H2,31,32,36)/b30-14+/t25-/m1/s1. The topological polar surface area (TPSA) is 146 Å². The van der Waals surface area contributed by atoms with Crippen molar-refractivity contribution in [3.8, 4) is 35.3 Å². The van der Waals surface area contributed by atoms with Crippen LogP contribution in [0, 0.1) is 12.3 Å². The van der Waals surface area contributed by atoms with Crippen LogP contribution in [0.25, 0.3) is 0 Å². The van der Waals surface area contributed by atoms with E-state index in [2.05, 4.69) is 43.0 Å². The summed E-state index contributed by atoms with van der Waals surface area (Å²) >= 11 is 3.39. The van der Waals surface area contributed by atoms with Crippen molar-refractivity contribution in [2.24, 2.45) is 5.10 Å². The second-order valence-electron chi connectivity index (χ2n) is 8.30. The van der Waals surface area contributed by atoms with Gasteiger partial charge in [-0.3, -0.25) is 4.79 Å². The molecule has 3 N–H and O–H groups in total. The normalized spacial score (nSPS) is 14.4. The first-order valence-electron chi connectivity index (χ1n) is 12.2. The van der Waals surface area contributed by atoms with Crippen molar-refractivity contribution < 1.29 is 38.1 Å². The summed E-state index contributed by atoms with van der Waals surface area (Å²) in [6, 6.07) is 7.01. The lowest BCUT2D eigenvalue weighted by Crippen LogP contribution is -2.45. The summed E-state index contributed by atoms with van der Waals surface area (Å²) in [5.74, 6) is 2.63. The van der Waals surface area contributed by atoms with E-state index in [1.165, 1.54) is 20.4 Å². The number of ether oxygens (including phenoxy) is 5. The van der Waals surface area contributed by atoms with Gasteiger partial charge in [-0.25, -0.2) is 15.0 Å². The van der Waals surface area contributed by atoms with Gasteiger partial charge in [-0.15, -0.1) is 6.42 Å². The van der Waals surface area contributed by atoms with E-state index in [4.69, 9.17) is 30.1 Å². The molecule has 0 aliphatic carbocycles. The molecule has 1 aliphatic heterocycles. The zero-order chi connectivity index (χ0) is 29.9. The number of amides is 3. The molecule has 0 unspecified atom stereocenters. The number of esters is 1. The van der Waals surface area contributed by atoms with E-state index < -0.39 is 23.9 Å². The van der Waals surface area contributed by atoms with Crippen LogP contribution in [0.2, 0.25) is 0 Å². The van der Waals surface area contributed by atoms with Crippen LogP contribution in [0.3, 0.4) is 0 Å². The van der Waals surface area contributed by atoms with Crippen molar-refractivity contribution in [2.45, 2.75) is 19.9 Å². The predicted octanol–water partition coefficient (Wildman–Crippen LogP) is 3.20. The van der Waals surface area contributed by atoms with Gasteiger partial charge in [-0.05, 0) is 43.7 Å². The molecule has 2 aromatic rings. The molecular weight excluding hydrogens is 600 g/mol. The van der Waals surface area contributed by atoms with Crippen LogP contribution in [0.15, 0.2) is 51.2 Å². The molecule has 0 bridgehead atoms. The van der Waals surface area contributed by atoms with Crippen molar-refractivity contribution in [1.82, 2.24) is 16.1 Å². The molecule has 0 aromatic heterocycles. The van der Waals surface area contributed by atoms with Crippen molar-refractivity contribution in [3.63, 3.8) is 0 Å². The number of urea groups is 1. The van der Waals surface area contributed by atoms with E-state index in [9.17, 15) is 14.4 Å². The van der Waals surface area contributed by atoms with Crippen molar-refractivity contribution >= 4 is 40.1 Å². The maximum Gasteiger partial charge on any atom is 0.338 e. The zero-order valence-corrected chi connectivity index (χ0v) is 24.4. The molecule has 2 aromatic carbocycles. The molecule has 1 atom stereocenters. The van der Waals surface area contributed by atoms with Crippen LogP contribution in [0.4, 0.5) is 4.79 Å². The number of methoxy groups -OCH3 is 2. The minimum Gasteiger partial charge on any atom is -0.493 e. The number of hydrazone groups is 1. The number of benzene rings is 2. The number of hydrogen-bond acceptors (Lipinski definition) is 9. The molecule has 13 heteroatoms. The third-order valence-electron chi connectivity index (χ3n) is 5.61. The number of nitrogens with zero attached hydrogens (tertiary/aromatic N) is 1. The maximum absolute atomic E-state index is 12.6. The van der Waals surface area contributed by atoms with Gasteiger partial charge in [0.25, 0.3) is 5.91 Å². The first-order chi connectivity index (χ1) is 19.7. The van der Waals surface area contributed by atoms with Crippen molar-refractivity contribution in [1.29, 1.82) is 0 Å². The van der Waals surface area contributed by atoms with Gasteiger partial charge in [0.05, 0.1) is 38.7 Å². The second kappa shape index (κ2) is 14.6. The first kappa shape index (κ1) is 30.8. The Morgan fingerprint density at radius 3 is 2.59 bits per heavy atom. The minimum atomic E-state index is -0.783. The lowest BCUT2D eigenvalue weighted by Gasteiger charge is -2.28. The maximum atomic E-state index is 12.6. The van der Waals surface area contributed by atoms with E-state index in [-0.39, 0.29) is 36.9 Å². The fourth-order valence-electron chi connectivity index (χ4n) is 3.86. The number of halogens is 1. The number of carbonyl (C=O) groups excluding carboxylic acids is 3. The lowest BCUT2D eigenvalue weighted by molar-refractivity contribution is -0.139. The molecule has 1 aliphatic rings. The number of allylic oxidation sites excluding steroid dienone is 1. The van der Waals surface area contributed by atoms with Crippen LogP contribution >= 0.6 is 15.9 Å². The summed E-state index contributed by atoms with van der Waals surface area (Å²) in [6.07, 6.45) is 6.68. The Labute approximate surface area is 245 Å². The third-order valence-corrected chi connectivity index (χ3v) is 6.06. The molecule has 0 fully saturated rings. The van der Waals surface area contributed by atoms with E-state index in [1.54, 1.807) is 44.2 Å². The SMILES string of the molecule is C#CCOc1c(/C=N/NC(=O)COc2ccc([C@H]3NC(=O)NC(C)=C3C(=O)OCC)cc2OC)cc(Br)cc1OC. The van der Waals surface area contributed by atoms with Crippen LogP contribution in [-0.2, 0) is 14.3 Å². The van der Waals surface area contributed by atoms with Gasteiger partial charge in [-0.1, -0.05) is 27.9 Å². The van der Waals surface area contributed by atoms with Gasteiger partial charge in [0.1, 0.15) is 6.61 Å². The number of carbonyl (C=O) groups is 3. The fourth-order valence-corrected chi connectivity index (χ4v) is 4.31. The quantitative estimate of drug-likeness (QED) is 0.141. The summed E-state index contributed by atoms with van der Waals surface area (Å²) in [5, 5.41) is 9.28. The Morgan fingerprint density at radius 2 is 1.90 bits per heavy atom. The smallest absolute Gasteiger partial charge is 0.338 e. The number of nitrogens with one attached hydrogen (secondary N) is 3. The lowest BCUT2D eigenvalue weighted by atomic mass is 9.95. The van der Waals surface area contributed by atoms with Crippen LogP contribution in [0.5, 0.6) is 23.0 Å². The zero-order valence-electron chi connectivity index (χ0n) is 22.8. The van der Waals surface area contributed by atoms with Gasteiger partial charge in [0.15, 0.2) is 29.6 Å². The fraction of sp³-hybridized carbons (Fsp3) is 0.286. The van der Waals surface area contributed by atoms with Gasteiger partial charge in [0, 0.05) is 15.7 Å². The van der Waals surface area contributed by atoms with Gasteiger partial charge < -0.3 is 34.3 Å². The summed E-state index contributed by atoms with van der Waals surface area (Å²) in [7, 11) is 2.92. The molecule has 41 heavy (non-hydrogen) atoms. The minimum absolute atomic E-state index is 0.0176. The molecule has 0 saturated carbocycles. The van der Waals surface area contributed by atoms with Crippen molar-refractivity contribution in [2.75, 3.05) is 34.0 Å². The average molecular weight is 629 g/mol. The van der Waals surface area contributed by atoms with Crippen molar-refractivity contribution in [3.05, 3.63) is 57.2 Å². The highest BCUT2D eigenvalue weighted by Crippen LogP contribution is 2.35. The van der Waals surface area contributed by atoms with Gasteiger partial charge in [-0.2, -0.15) is 5.10 Å². The summed E-state index contributed by atoms with van der Waals surface area (Å²) in [6.45, 7) is 3.12. The number of hydrogen-bond donors (Lipinski definition) is 3. The Hall–Kier alpha value is -4.70. The van der Waals surface area contributed by atoms with E-state index in [1.807, 2.05) is 0 Å². The molecule has 3 rings (SSSR count). The molecule has 1 heterocycles. The Morgan fingerprint density at radius 1 is 1.15 bits per heavy atom. The molecule has 0 saturated heterocycles. The molecule has 3 amide bonds. The van der Waals surface area contributed by atoms with E-state index in [0.29, 0.717) is 32.8 Å². The highest BCUT2D eigenvalue weighted by Gasteiger charge is 2.32. The molecule has 0 spiro atoms. The third kappa shape index (κ3) is 7.92. The summed E-state index contributed by atoms with van der Waals surface area (Å²) in [4.78, 5) is 37.1. The highest BCUT2D eigenvalue weighted by molar-refractivity contribution is 9.10. The van der Waals surface area contributed by atoms with Gasteiger partial charge >= 0.3 is 12.0 Å². The monoisotopic (exact) mass is 628 g/mol. The van der Waals surface area contributed by atoms with E-state index in [0.717, 1.165) is 0 Å². The Bertz CT molecular complexity index is 1420. The van der Waals surface area contributed by atoms with E-state index >= 15 is 0 Å². The number of terminal acetylenes is 1. The predicted molar refractivity (Wildman–Crippen MR) is 153 cm³/mol. The van der Waals surface area contributed by atoms with Crippen LogP contribution in [0.1, 0.15) is 31.0 Å².